The minimum Gasteiger partial charge on any atom is -0.289 e. The van der Waals surface area contributed by atoms with Gasteiger partial charge in [-0.25, -0.2) is 0 Å². The Bertz CT molecular complexity index is 682. The lowest BCUT2D eigenvalue weighted by atomic mass is 10.1. The highest BCUT2D eigenvalue weighted by Gasteiger charge is 2.01. The van der Waals surface area contributed by atoms with E-state index in [9.17, 15) is 9.59 Å². The fourth-order valence-corrected chi connectivity index (χ4v) is 2.69. The number of hydrogen-bond acceptors (Lipinski definition) is 3. The standard InChI is InChI=1S/C18H12Br2O2S/c19-15-5-1-13(2-6-15)17(21)9-11-23-12-10-18(22)14-3-7-16(20)8-4-14/h1-12H. The van der Waals surface area contributed by atoms with E-state index >= 15 is 0 Å². The molecule has 2 rings (SSSR count). The lowest BCUT2D eigenvalue weighted by molar-refractivity contribution is 0.103. The summed E-state index contributed by atoms with van der Waals surface area (Å²) in [6.07, 6.45) is 2.98. The van der Waals surface area contributed by atoms with Crippen LogP contribution in [0.1, 0.15) is 20.7 Å². The Morgan fingerprint density at radius 2 is 1.04 bits per heavy atom. The summed E-state index contributed by atoms with van der Waals surface area (Å²) in [6, 6.07) is 14.3. The van der Waals surface area contributed by atoms with Crippen molar-refractivity contribution in [1.29, 1.82) is 0 Å². The van der Waals surface area contributed by atoms with Crippen LogP contribution in [0.15, 0.2) is 80.4 Å². The molecule has 0 aliphatic rings. The van der Waals surface area contributed by atoms with Gasteiger partial charge in [0.25, 0.3) is 0 Å². The van der Waals surface area contributed by atoms with Crippen molar-refractivity contribution in [3.05, 3.63) is 91.6 Å². The Balaban J connectivity index is 1.86. The maximum absolute atomic E-state index is 11.9. The Labute approximate surface area is 155 Å². The number of carbonyl (C=O) groups excluding carboxylic acids is 2. The summed E-state index contributed by atoms with van der Waals surface area (Å²) in [5.74, 6) is -0.143. The molecule has 116 valence electrons. The molecule has 0 amide bonds. The van der Waals surface area contributed by atoms with E-state index in [2.05, 4.69) is 31.9 Å². The molecule has 0 aliphatic heterocycles. The van der Waals surface area contributed by atoms with E-state index in [1.165, 1.54) is 23.9 Å². The van der Waals surface area contributed by atoms with Crippen LogP contribution in [0.2, 0.25) is 0 Å². The van der Waals surface area contributed by atoms with Crippen molar-refractivity contribution in [3.63, 3.8) is 0 Å². The van der Waals surface area contributed by atoms with Crippen LogP contribution in [0, 0.1) is 0 Å². The van der Waals surface area contributed by atoms with Crippen molar-refractivity contribution in [1.82, 2.24) is 0 Å². The first-order valence-electron chi connectivity index (χ1n) is 6.64. The molecule has 2 aromatic carbocycles. The zero-order valence-electron chi connectivity index (χ0n) is 11.9. The van der Waals surface area contributed by atoms with Crippen molar-refractivity contribution in [2.75, 3.05) is 0 Å². The molecule has 0 aromatic heterocycles. The summed E-state index contributed by atoms with van der Waals surface area (Å²) >= 11 is 7.94. The first-order chi connectivity index (χ1) is 11.1. The highest BCUT2D eigenvalue weighted by atomic mass is 79.9. The van der Waals surface area contributed by atoms with Crippen LogP contribution in [-0.2, 0) is 0 Å². The summed E-state index contributed by atoms with van der Waals surface area (Å²) in [5, 5.41) is 3.32. The minimum absolute atomic E-state index is 0.0716. The molecule has 0 N–H and O–H groups in total. The fraction of sp³-hybridized carbons (Fsp3) is 0. The molecule has 5 heteroatoms. The van der Waals surface area contributed by atoms with Crippen molar-refractivity contribution >= 4 is 55.2 Å². The quantitative estimate of drug-likeness (QED) is 0.396. The SMILES string of the molecule is O=C(C=CSC=CC(=O)c1ccc(Br)cc1)c1ccc(Br)cc1. The van der Waals surface area contributed by atoms with E-state index in [0.717, 1.165) is 8.95 Å². The summed E-state index contributed by atoms with van der Waals surface area (Å²) in [7, 11) is 0. The molecule has 0 radical (unpaired) electrons. The van der Waals surface area contributed by atoms with E-state index < -0.39 is 0 Å². The number of benzene rings is 2. The van der Waals surface area contributed by atoms with Crippen LogP contribution in [0.25, 0.3) is 0 Å². The highest BCUT2D eigenvalue weighted by molar-refractivity contribution is 9.10. The summed E-state index contributed by atoms with van der Waals surface area (Å²) in [6.45, 7) is 0. The van der Waals surface area contributed by atoms with Crippen LogP contribution in [0.3, 0.4) is 0 Å². The summed E-state index contributed by atoms with van der Waals surface area (Å²) in [5.41, 5.74) is 1.25. The average molecular weight is 452 g/mol. The molecule has 0 saturated carbocycles. The van der Waals surface area contributed by atoms with Gasteiger partial charge in [0.1, 0.15) is 0 Å². The molecule has 2 aromatic rings. The normalized spacial score (nSPS) is 11.2. The van der Waals surface area contributed by atoms with Gasteiger partial charge in [-0.05, 0) is 71.5 Å². The molecule has 0 atom stereocenters. The van der Waals surface area contributed by atoms with Crippen molar-refractivity contribution in [2.45, 2.75) is 0 Å². The molecule has 0 bridgehead atoms. The van der Waals surface area contributed by atoms with Gasteiger partial charge in [0.05, 0.1) is 0 Å². The Kier molecular flexibility index (Phi) is 7.02. The molecule has 0 fully saturated rings. The van der Waals surface area contributed by atoms with Crippen LogP contribution in [-0.4, -0.2) is 11.6 Å². The van der Waals surface area contributed by atoms with Crippen molar-refractivity contribution < 1.29 is 9.59 Å². The second-order valence-electron chi connectivity index (χ2n) is 4.48. The zero-order chi connectivity index (χ0) is 16.7. The van der Waals surface area contributed by atoms with E-state index in [4.69, 9.17) is 0 Å². The zero-order valence-corrected chi connectivity index (χ0v) is 15.9. The molecule has 0 saturated heterocycles. The predicted octanol–water partition coefficient (Wildman–Crippen LogP) is 6.04. The third-order valence-electron chi connectivity index (χ3n) is 2.85. The molecule has 0 aliphatic carbocycles. The maximum atomic E-state index is 11.9. The number of rotatable bonds is 6. The third kappa shape index (κ3) is 5.94. The van der Waals surface area contributed by atoms with Gasteiger partial charge in [0, 0.05) is 20.1 Å². The van der Waals surface area contributed by atoms with E-state index in [-0.39, 0.29) is 11.6 Å². The summed E-state index contributed by atoms with van der Waals surface area (Å²) in [4.78, 5) is 23.8. The van der Waals surface area contributed by atoms with Gasteiger partial charge < -0.3 is 0 Å². The van der Waals surface area contributed by atoms with Crippen LogP contribution < -0.4 is 0 Å². The van der Waals surface area contributed by atoms with E-state index in [0.29, 0.717) is 11.1 Å². The highest BCUT2D eigenvalue weighted by Crippen LogP contribution is 2.14. The molecule has 2 nitrogen and oxygen atoms in total. The molecular weight excluding hydrogens is 440 g/mol. The number of hydrogen-bond donors (Lipinski definition) is 0. The fourth-order valence-electron chi connectivity index (χ4n) is 1.67. The second kappa shape index (κ2) is 9.01. The van der Waals surface area contributed by atoms with Gasteiger partial charge >= 0.3 is 0 Å². The number of thioether (sulfide) groups is 1. The first kappa shape index (κ1) is 17.9. The molecular formula is C18H12Br2O2S. The second-order valence-corrected chi connectivity index (χ2v) is 7.13. The van der Waals surface area contributed by atoms with Gasteiger partial charge in [-0.15, -0.1) is 11.8 Å². The molecule has 0 unspecified atom stereocenters. The van der Waals surface area contributed by atoms with E-state index in [1.807, 2.05) is 24.3 Å². The van der Waals surface area contributed by atoms with Crippen molar-refractivity contribution in [2.24, 2.45) is 0 Å². The topological polar surface area (TPSA) is 34.1 Å². The third-order valence-corrected chi connectivity index (χ3v) is 4.50. The number of carbonyl (C=O) groups is 2. The van der Waals surface area contributed by atoms with Crippen molar-refractivity contribution in [3.8, 4) is 0 Å². The predicted molar refractivity (Wildman–Crippen MR) is 103 cm³/mol. The van der Waals surface area contributed by atoms with Gasteiger partial charge in [0.15, 0.2) is 11.6 Å². The number of allylic oxidation sites excluding steroid dienone is 2. The molecule has 0 heterocycles. The smallest absolute Gasteiger partial charge is 0.186 e. The molecule has 0 spiro atoms. The van der Waals surface area contributed by atoms with Gasteiger partial charge in [0.2, 0.25) is 0 Å². The number of halogens is 2. The lowest BCUT2D eigenvalue weighted by Gasteiger charge is -1.96. The summed E-state index contributed by atoms with van der Waals surface area (Å²) < 4.78 is 1.86. The van der Waals surface area contributed by atoms with Crippen LogP contribution in [0.5, 0.6) is 0 Å². The van der Waals surface area contributed by atoms with Gasteiger partial charge in [-0.1, -0.05) is 31.9 Å². The number of ketones is 2. The lowest BCUT2D eigenvalue weighted by Crippen LogP contribution is -1.93. The Morgan fingerprint density at radius 3 is 1.39 bits per heavy atom. The van der Waals surface area contributed by atoms with Gasteiger partial charge in [-0.3, -0.25) is 9.59 Å². The Morgan fingerprint density at radius 1 is 0.696 bits per heavy atom. The maximum Gasteiger partial charge on any atom is 0.186 e. The monoisotopic (exact) mass is 450 g/mol. The van der Waals surface area contributed by atoms with Gasteiger partial charge in [-0.2, -0.15) is 0 Å². The minimum atomic E-state index is -0.0716. The largest absolute Gasteiger partial charge is 0.289 e. The van der Waals surface area contributed by atoms with Crippen LogP contribution in [0.4, 0.5) is 0 Å². The Hall–Kier alpha value is -1.43. The first-order valence-corrected chi connectivity index (χ1v) is 9.17. The molecule has 23 heavy (non-hydrogen) atoms. The van der Waals surface area contributed by atoms with E-state index in [1.54, 1.807) is 35.1 Å². The van der Waals surface area contributed by atoms with Crippen LogP contribution >= 0.6 is 43.6 Å². The average Bonchev–Trinajstić information content (AvgIpc) is 2.55.